The summed E-state index contributed by atoms with van der Waals surface area (Å²) in [6, 6.07) is 14.9. The Morgan fingerprint density at radius 2 is 1.94 bits per heavy atom. The number of cyclic esters (lactones) is 1. The van der Waals surface area contributed by atoms with Gasteiger partial charge in [0, 0.05) is 15.7 Å². The summed E-state index contributed by atoms with van der Waals surface area (Å²) in [4.78, 5) is 27.1. The van der Waals surface area contributed by atoms with Crippen molar-refractivity contribution in [3.8, 4) is 11.5 Å². The minimum atomic E-state index is -0.594. The first-order valence-corrected chi connectivity index (χ1v) is 12.2. The Balaban J connectivity index is 1.57. The fourth-order valence-electron chi connectivity index (χ4n) is 3.18. The second-order valence-electron chi connectivity index (χ2n) is 7.21. The van der Waals surface area contributed by atoms with Crippen molar-refractivity contribution < 1.29 is 23.9 Å². The van der Waals surface area contributed by atoms with Crippen molar-refractivity contribution in [2.24, 2.45) is 4.99 Å². The molecule has 0 amide bonds. The van der Waals surface area contributed by atoms with E-state index >= 15 is 0 Å². The van der Waals surface area contributed by atoms with E-state index in [1.165, 1.54) is 19.2 Å². The zero-order chi connectivity index (χ0) is 25.1. The van der Waals surface area contributed by atoms with Crippen molar-refractivity contribution in [1.29, 1.82) is 0 Å². The fraction of sp³-hybridized carbons (Fsp3) is 0.0833. The number of carbonyl (C=O) groups excluding carboxylic acids is 1. The van der Waals surface area contributed by atoms with Crippen molar-refractivity contribution >= 4 is 73.8 Å². The lowest BCUT2D eigenvalue weighted by atomic mass is 10.1. The summed E-state index contributed by atoms with van der Waals surface area (Å²) >= 11 is 11.9. The zero-order valence-electron chi connectivity index (χ0n) is 18.0. The zero-order valence-corrected chi connectivity index (χ0v) is 22.5. The number of nitro groups is 1. The second-order valence-corrected chi connectivity index (χ2v) is 9.71. The van der Waals surface area contributed by atoms with Crippen molar-refractivity contribution in [1.82, 2.24) is 0 Å². The lowest BCUT2D eigenvalue weighted by molar-refractivity contribution is -0.384. The summed E-state index contributed by atoms with van der Waals surface area (Å²) < 4.78 is 18.2. The van der Waals surface area contributed by atoms with Crippen molar-refractivity contribution in [2.75, 3.05) is 7.11 Å². The number of nitrogens with zero attached hydrogens (tertiary/aromatic N) is 2. The molecule has 4 rings (SSSR count). The summed E-state index contributed by atoms with van der Waals surface area (Å²) in [5.74, 6) is 0.406. The maximum Gasteiger partial charge on any atom is 0.363 e. The number of methoxy groups -OCH3 is 1. The first-order chi connectivity index (χ1) is 16.7. The number of nitro benzene ring substituents is 1. The van der Waals surface area contributed by atoms with Crippen LogP contribution >= 0.6 is 50.1 Å². The molecular formula is C24H15BrClIN2O6. The predicted molar refractivity (Wildman–Crippen MR) is 143 cm³/mol. The first kappa shape index (κ1) is 25.1. The summed E-state index contributed by atoms with van der Waals surface area (Å²) in [6.07, 6.45) is 1.57. The van der Waals surface area contributed by atoms with Crippen molar-refractivity contribution in [2.45, 2.75) is 6.61 Å². The normalized spacial score (nSPS) is 14.0. The van der Waals surface area contributed by atoms with Gasteiger partial charge in [-0.15, -0.1) is 0 Å². The van der Waals surface area contributed by atoms with Crippen LogP contribution in [0.4, 0.5) is 5.69 Å². The van der Waals surface area contributed by atoms with Gasteiger partial charge in [0.2, 0.25) is 5.90 Å². The van der Waals surface area contributed by atoms with Gasteiger partial charge in [0.05, 0.1) is 27.1 Å². The average molecular weight is 670 g/mol. The van der Waals surface area contributed by atoms with Crippen LogP contribution in [0.25, 0.3) is 6.08 Å². The Morgan fingerprint density at radius 1 is 1.20 bits per heavy atom. The minimum absolute atomic E-state index is 0.00503. The number of benzene rings is 3. The van der Waals surface area contributed by atoms with E-state index in [-0.39, 0.29) is 23.9 Å². The van der Waals surface area contributed by atoms with Gasteiger partial charge in [-0.25, -0.2) is 9.79 Å². The lowest BCUT2D eigenvalue weighted by Crippen LogP contribution is -2.06. The van der Waals surface area contributed by atoms with Crippen LogP contribution in [0.15, 0.2) is 69.8 Å². The van der Waals surface area contributed by atoms with Crippen LogP contribution in [-0.4, -0.2) is 23.9 Å². The number of halogens is 3. The largest absolute Gasteiger partial charge is 0.493 e. The lowest BCUT2D eigenvalue weighted by Gasteiger charge is -2.13. The minimum Gasteiger partial charge on any atom is -0.493 e. The molecule has 8 nitrogen and oxygen atoms in total. The quantitative estimate of drug-likeness (QED) is 0.0931. The van der Waals surface area contributed by atoms with E-state index in [4.69, 9.17) is 25.8 Å². The molecule has 0 fully saturated rings. The van der Waals surface area contributed by atoms with Gasteiger partial charge in [0.15, 0.2) is 17.2 Å². The van der Waals surface area contributed by atoms with Gasteiger partial charge in [-0.3, -0.25) is 10.1 Å². The van der Waals surface area contributed by atoms with Crippen molar-refractivity contribution in [3.63, 3.8) is 0 Å². The SMILES string of the molecule is COc1cc(/C=C2\N=C(c3cc(I)ccc3Cl)OC2=O)cc(Br)c1OCc1ccc([N+](=O)[O-])cc1. The second kappa shape index (κ2) is 10.8. The fourth-order valence-corrected chi connectivity index (χ4v) is 4.44. The monoisotopic (exact) mass is 668 g/mol. The molecule has 0 aromatic heterocycles. The van der Waals surface area contributed by atoms with Crippen LogP contribution < -0.4 is 9.47 Å². The van der Waals surface area contributed by atoms with E-state index in [1.807, 2.05) is 6.07 Å². The maximum absolute atomic E-state index is 12.4. The smallest absolute Gasteiger partial charge is 0.363 e. The van der Waals surface area contributed by atoms with E-state index in [0.29, 0.717) is 32.1 Å². The van der Waals surface area contributed by atoms with Crippen LogP contribution in [-0.2, 0) is 16.1 Å². The first-order valence-electron chi connectivity index (χ1n) is 9.97. The highest BCUT2D eigenvalue weighted by Crippen LogP contribution is 2.38. The molecule has 3 aromatic rings. The van der Waals surface area contributed by atoms with E-state index in [9.17, 15) is 14.9 Å². The molecule has 1 aliphatic heterocycles. The Kier molecular flexibility index (Phi) is 7.72. The molecule has 178 valence electrons. The van der Waals surface area contributed by atoms with E-state index in [0.717, 1.165) is 9.13 Å². The number of ether oxygens (including phenoxy) is 3. The number of non-ortho nitro benzene ring substituents is 1. The van der Waals surface area contributed by atoms with Crippen molar-refractivity contribution in [3.05, 3.63) is 100 Å². The molecule has 0 aliphatic carbocycles. The molecule has 0 atom stereocenters. The van der Waals surface area contributed by atoms with Gasteiger partial charge < -0.3 is 14.2 Å². The molecule has 0 saturated heterocycles. The average Bonchev–Trinajstić information content (AvgIpc) is 3.19. The molecule has 0 N–H and O–H groups in total. The number of rotatable bonds is 7. The van der Waals surface area contributed by atoms with Crippen LogP contribution in [0.1, 0.15) is 16.7 Å². The molecule has 0 spiro atoms. The highest BCUT2D eigenvalue weighted by atomic mass is 127. The molecule has 3 aromatic carbocycles. The highest BCUT2D eigenvalue weighted by molar-refractivity contribution is 14.1. The molecular weight excluding hydrogens is 655 g/mol. The Morgan fingerprint density at radius 3 is 2.63 bits per heavy atom. The predicted octanol–water partition coefficient (Wildman–Crippen LogP) is 6.55. The van der Waals surface area contributed by atoms with Gasteiger partial charge in [0.1, 0.15) is 6.61 Å². The number of esters is 1. The molecule has 0 unspecified atom stereocenters. The summed E-state index contributed by atoms with van der Waals surface area (Å²) in [6.45, 7) is 0.171. The maximum atomic E-state index is 12.4. The van der Waals surface area contributed by atoms with Gasteiger partial charge in [-0.1, -0.05) is 11.6 Å². The molecule has 35 heavy (non-hydrogen) atoms. The third-order valence-corrected chi connectivity index (χ3v) is 6.45. The Bertz CT molecular complexity index is 1390. The van der Waals surface area contributed by atoms with E-state index in [1.54, 1.807) is 42.5 Å². The van der Waals surface area contributed by atoms with Crippen LogP contribution in [0.5, 0.6) is 11.5 Å². The molecule has 0 radical (unpaired) electrons. The van der Waals surface area contributed by atoms with Gasteiger partial charge in [-0.05, 0) is 98.2 Å². The van der Waals surface area contributed by atoms with E-state index < -0.39 is 10.9 Å². The highest BCUT2D eigenvalue weighted by Gasteiger charge is 2.26. The Labute approximate surface area is 227 Å². The van der Waals surface area contributed by atoms with Gasteiger partial charge in [-0.2, -0.15) is 0 Å². The van der Waals surface area contributed by atoms with Crippen LogP contribution in [0.2, 0.25) is 5.02 Å². The number of carbonyl (C=O) groups is 1. The molecule has 0 bridgehead atoms. The number of hydrogen-bond acceptors (Lipinski definition) is 7. The van der Waals surface area contributed by atoms with Crippen LogP contribution in [0.3, 0.4) is 0 Å². The van der Waals surface area contributed by atoms with E-state index in [2.05, 4.69) is 43.5 Å². The van der Waals surface area contributed by atoms with Gasteiger partial charge in [0.25, 0.3) is 5.69 Å². The standard InChI is InChI=1S/C24H15BrClIN2O6/c1-33-21-10-14(8-18(25)22(21)34-12-13-2-5-16(6-3-13)29(31)32)9-20-24(30)35-23(28-20)17-11-15(27)4-7-19(17)26/h2-11H,12H2,1H3/b20-9-. The molecule has 1 heterocycles. The molecule has 11 heteroatoms. The van der Waals surface area contributed by atoms with Gasteiger partial charge >= 0.3 is 5.97 Å². The summed E-state index contributed by atoms with van der Waals surface area (Å²) in [5.41, 5.74) is 2.03. The molecule has 0 saturated carbocycles. The third-order valence-electron chi connectivity index (χ3n) is 4.86. The topological polar surface area (TPSA) is 100 Å². The van der Waals surface area contributed by atoms with Crippen LogP contribution in [0, 0.1) is 13.7 Å². The number of hydrogen-bond donors (Lipinski definition) is 0. The summed E-state index contributed by atoms with van der Waals surface area (Å²) in [5, 5.41) is 11.2. The number of aliphatic imine (C=N–C) groups is 1. The molecule has 1 aliphatic rings. The Hall–Kier alpha value is -2.96. The summed E-state index contributed by atoms with van der Waals surface area (Å²) in [7, 11) is 1.50. The third kappa shape index (κ3) is 5.82.